The van der Waals surface area contributed by atoms with Crippen molar-refractivity contribution >= 4 is 5.91 Å². The fraction of sp³-hybridized carbons (Fsp3) is 0.632. The van der Waals surface area contributed by atoms with E-state index in [9.17, 15) is 4.79 Å². The van der Waals surface area contributed by atoms with Gasteiger partial charge >= 0.3 is 0 Å². The standard InChI is InChI=1S/C19H27NO2/c1-13-4-5-17(10-14(13)2)18(16-6-7-16)11-19(21)20-8-9-22-12-15(20)3/h4-5,10,15-16,18H,6-9,11-12H2,1-3H3. The second-order valence-electron chi connectivity index (χ2n) is 7.00. The van der Waals surface area contributed by atoms with Crippen molar-refractivity contribution in [3.8, 4) is 0 Å². The SMILES string of the molecule is Cc1ccc(C(CC(=O)N2CCOCC2C)C2CC2)cc1C. The average Bonchev–Trinajstić information content (AvgIpc) is 3.32. The average molecular weight is 301 g/mol. The van der Waals surface area contributed by atoms with E-state index in [0.29, 0.717) is 37.4 Å². The Bertz CT molecular complexity index is 550. The Morgan fingerprint density at radius 3 is 2.73 bits per heavy atom. The van der Waals surface area contributed by atoms with Crippen LogP contribution in [0.3, 0.4) is 0 Å². The molecule has 2 atom stereocenters. The van der Waals surface area contributed by atoms with E-state index in [0.717, 1.165) is 6.54 Å². The molecule has 0 N–H and O–H groups in total. The normalized spacial score (nSPS) is 23.4. The third-order valence-corrected chi connectivity index (χ3v) is 5.23. The Morgan fingerprint density at radius 1 is 1.32 bits per heavy atom. The Morgan fingerprint density at radius 2 is 2.09 bits per heavy atom. The quantitative estimate of drug-likeness (QED) is 0.852. The Hall–Kier alpha value is -1.35. The second-order valence-corrected chi connectivity index (χ2v) is 7.00. The summed E-state index contributed by atoms with van der Waals surface area (Å²) < 4.78 is 5.45. The molecule has 1 aromatic rings. The molecule has 3 rings (SSSR count). The lowest BCUT2D eigenvalue weighted by atomic mass is 9.88. The summed E-state index contributed by atoms with van der Waals surface area (Å²) in [5, 5.41) is 0. The number of carbonyl (C=O) groups is 1. The van der Waals surface area contributed by atoms with Crippen LogP contribution in [-0.2, 0) is 9.53 Å². The molecule has 22 heavy (non-hydrogen) atoms. The maximum absolute atomic E-state index is 12.7. The van der Waals surface area contributed by atoms with Gasteiger partial charge in [-0.1, -0.05) is 18.2 Å². The fourth-order valence-corrected chi connectivity index (χ4v) is 3.45. The summed E-state index contributed by atoms with van der Waals surface area (Å²) in [4.78, 5) is 14.8. The van der Waals surface area contributed by atoms with Crippen LogP contribution in [-0.4, -0.2) is 36.6 Å². The van der Waals surface area contributed by atoms with Gasteiger partial charge in [0.1, 0.15) is 0 Å². The van der Waals surface area contributed by atoms with Gasteiger partial charge in [0.25, 0.3) is 0 Å². The zero-order chi connectivity index (χ0) is 15.7. The van der Waals surface area contributed by atoms with Crippen molar-refractivity contribution in [2.75, 3.05) is 19.8 Å². The summed E-state index contributed by atoms with van der Waals surface area (Å²) in [6, 6.07) is 6.92. The van der Waals surface area contributed by atoms with Crippen molar-refractivity contribution in [3.63, 3.8) is 0 Å². The van der Waals surface area contributed by atoms with Crippen molar-refractivity contribution in [1.29, 1.82) is 0 Å². The van der Waals surface area contributed by atoms with Crippen LogP contribution >= 0.6 is 0 Å². The number of rotatable bonds is 4. The first-order chi connectivity index (χ1) is 10.6. The first kappa shape index (κ1) is 15.5. The maximum Gasteiger partial charge on any atom is 0.223 e. The first-order valence-corrected chi connectivity index (χ1v) is 8.50. The predicted molar refractivity (Wildman–Crippen MR) is 88.0 cm³/mol. The number of amides is 1. The predicted octanol–water partition coefficient (Wildman–Crippen LogP) is 3.43. The van der Waals surface area contributed by atoms with E-state index >= 15 is 0 Å². The van der Waals surface area contributed by atoms with Crippen molar-refractivity contribution in [2.24, 2.45) is 5.92 Å². The molecular formula is C19H27NO2. The Labute approximate surface area is 133 Å². The maximum atomic E-state index is 12.7. The molecule has 3 heteroatoms. The van der Waals surface area contributed by atoms with Crippen LogP contribution < -0.4 is 0 Å². The highest BCUT2D eigenvalue weighted by Gasteiger charge is 2.35. The number of hydrogen-bond acceptors (Lipinski definition) is 2. The summed E-state index contributed by atoms with van der Waals surface area (Å²) in [6.07, 6.45) is 3.19. The summed E-state index contributed by atoms with van der Waals surface area (Å²) in [5.41, 5.74) is 4.00. The Kier molecular flexibility index (Phi) is 4.53. The molecule has 1 amide bonds. The molecule has 3 nitrogen and oxygen atoms in total. The van der Waals surface area contributed by atoms with Crippen molar-refractivity contribution in [3.05, 3.63) is 34.9 Å². The number of ether oxygens (including phenoxy) is 1. The fourth-order valence-electron chi connectivity index (χ4n) is 3.45. The zero-order valence-corrected chi connectivity index (χ0v) is 14.0. The number of hydrogen-bond donors (Lipinski definition) is 0. The van der Waals surface area contributed by atoms with Gasteiger partial charge in [0.2, 0.25) is 5.91 Å². The minimum Gasteiger partial charge on any atom is -0.377 e. The summed E-state index contributed by atoms with van der Waals surface area (Å²) in [5.74, 6) is 1.38. The minimum absolute atomic E-state index is 0.209. The summed E-state index contributed by atoms with van der Waals surface area (Å²) >= 11 is 0. The van der Waals surface area contributed by atoms with Gasteiger partial charge in [-0.05, 0) is 62.1 Å². The van der Waals surface area contributed by atoms with Gasteiger partial charge in [0.05, 0.1) is 19.3 Å². The first-order valence-electron chi connectivity index (χ1n) is 8.50. The number of aryl methyl sites for hydroxylation is 2. The largest absolute Gasteiger partial charge is 0.377 e. The molecule has 120 valence electrons. The van der Waals surface area contributed by atoms with Crippen LogP contribution in [0.1, 0.15) is 48.8 Å². The molecule has 2 fully saturated rings. The third-order valence-electron chi connectivity index (χ3n) is 5.23. The lowest BCUT2D eigenvalue weighted by Crippen LogP contribution is -2.47. The number of nitrogens with zero attached hydrogens (tertiary/aromatic N) is 1. The lowest BCUT2D eigenvalue weighted by molar-refractivity contribution is -0.139. The van der Waals surface area contributed by atoms with E-state index in [1.165, 1.54) is 29.5 Å². The molecule has 1 aliphatic carbocycles. The van der Waals surface area contributed by atoms with Gasteiger partial charge < -0.3 is 9.64 Å². The molecular weight excluding hydrogens is 274 g/mol. The van der Waals surface area contributed by atoms with Gasteiger partial charge in [0.15, 0.2) is 0 Å². The molecule has 1 aliphatic heterocycles. The summed E-state index contributed by atoms with van der Waals surface area (Å²) in [7, 11) is 0. The smallest absolute Gasteiger partial charge is 0.223 e. The van der Waals surface area contributed by atoms with E-state index in [1.54, 1.807) is 0 Å². The number of benzene rings is 1. The lowest BCUT2D eigenvalue weighted by Gasteiger charge is -2.34. The monoisotopic (exact) mass is 301 g/mol. The van der Waals surface area contributed by atoms with E-state index in [2.05, 4.69) is 39.0 Å². The van der Waals surface area contributed by atoms with Crippen LogP contribution in [0.25, 0.3) is 0 Å². The van der Waals surface area contributed by atoms with Gasteiger partial charge in [-0.2, -0.15) is 0 Å². The minimum atomic E-state index is 0.209. The van der Waals surface area contributed by atoms with Crippen LogP contribution in [0.15, 0.2) is 18.2 Å². The summed E-state index contributed by atoms with van der Waals surface area (Å²) in [6.45, 7) is 8.47. The molecule has 1 saturated heterocycles. The highest BCUT2D eigenvalue weighted by Crippen LogP contribution is 2.45. The molecule has 0 bridgehead atoms. The number of morpholine rings is 1. The highest BCUT2D eigenvalue weighted by molar-refractivity contribution is 5.77. The van der Waals surface area contributed by atoms with Gasteiger partial charge in [-0.15, -0.1) is 0 Å². The van der Waals surface area contributed by atoms with Crippen LogP contribution in [0.4, 0.5) is 0 Å². The Balaban J connectivity index is 1.74. The van der Waals surface area contributed by atoms with E-state index < -0.39 is 0 Å². The van der Waals surface area contributed by atoms with E-state index in [-0.39, 0.29) is 6.04 Å². The molecule has 1 heterocycles. The van der Waals surface area contributed by atoms with Crippen molar-refractivity contribution < 1.29 is 9.53 Å². The molecule has 1 aromatic carbocycles. The molecule has 2 aliphatic rings. The second kappa shape index (κ2) is 6.41. The van der Waals surface area contributed by atoms with E-state index in [1.807, 2.05) is 4.90 Å². The van der Waals surface area contributed by atoms with Crippen LogP contribution in [0, 0.1) is 19.8 Å². The van der Waals surface area contributed by atoms with Crippen LogP contribution in [0.2, 0.25) is 0 Å². The molecule has 1 saturated carbocycles. The molecule has 0 spiro atoms. The topological polar surface area (TPSA) is 29.5 Å². The molecule has 2 unspecified atom stereocenters. The van der Waals surface area contributed by atoms with E-state index in [4.69, 9.17) is 4.74 Å². The van der Waals surface area contributed by atoms with Crippen LogP contribution in [0.5, 0.6) is 0 Å². The number of carbonyl (C=O) groups excluding carboxylic acids is 1. The van der Waals surface area contributed by atoms with Gasteiger partial charge in [-0.3, -0.25) is 4.79 Å². The molecule has 0 aromatic heterocycles. The van der Waals surface area contributed by atoms with Crippen molar-refractivity contribution in [1.82, 2.24) is 4.90 Å². The van der Waals surface area contributed by atoms with Crippen molar-refractivity contribution in [2.45, 2.75) is 52.0 Å². The third kappa shape index (κ3) is 3.35. The highest BCUT2D eigenvalue weighted by atomic mass is 16.5. The van der Waals surface area contributed by atoms with Gasteiger partial charge in [-0.25, -0.2) is 0 Å². The zero-order valence-electron chi connectivity index (χ0n) is 14.0. The molecule has 0 radical (unpaired) electrons. The van der Waals surface area contributed by atoms with Gasteiger partial charge in [0, 0.05) is 13.0 Å².